The van der Waals surface area contributed by atoms with Gasteiger partial charge in [0.05, 0.1) is 12.8 Å². The van der Waals surface area contributed by atoms with Gasteiger partial charge in [-0.05, 0) is 57.8 Å². The van der Waals surface area contributed by atoms with Gasteiger partial charge in [-0.3, -0.25) is 0 Å². The van der Waals surface area contributed by atoms with Crippen molar-refractivity contribution in [1.82, 2.24) is 4.98 Å². The number of benzene rings is 6. The molecule has 0 unspecified atom stereocenters. The molecule has 0 radical (unpaired) electrons. The van der Waals surface area contributed by atoms with Gasteiger partial charge < -0.3 is 10.1 Å². The Labute approximate surface area is 239 Å². The van der Waals surface area contributed by atoms with Gasteiger partial charge in [0.25, 0.3) is 0 Å². The summed E-state index contributed by atoms with van der Waals surface area (Å²) in [5.41, 5.74) is 9.75. The van der Waals surface area contributed by atoms with Gasteiger partial charge in [-0.2, -0.15) is 0 Å². The van der Waals surface area contributed by atoms with Crippen molar-refractivity contribution in [1.29, 1.82) is 0 Å². The number of para-hydroxylation sites is 2. The van der Waals surface area contributed by atoms with Gasteiger partial charge in [-0.15, -0.1) is 0 Å². The molecule has 0 atom stereocenters. The monoisotopic (exact) mass is 528 g/mol. The van der Waals surface area contributed by atoms with Crippen LogP contribution in [0.4, 0.5) is 11.4 Å². The second-order valence-electron chi connectivity index (χ2n) is 10.1. The lowest BCUT2D eigenvalue weighted by Gasteiger charge is -2.15. The van der Waals surface area contributed by atoms with Crippen LogP contribution >= 0.6 is 0 Å². The van der Waals surface area contributed by atoms with E-state index in [4.69, 9.17) is 9.72 Å². The highest BCUT2D eigenvalue weighted by Crippen LogP contribution is 2.35. The van der Waals surface area contributed by atoms with Crippen LogP contribution in [0, 0.1) is 0 Å². The molecule has 0 fully saturated rings. The molecule has 6 aromatic carbocycles. The molecule has 1 aromatic heterocycles. The Morgan fingerprint density at radius 1 is 0.512 bits per heavy atom. The van der Waals surface area contributed by atoms with Crippen LogP contribution in [-0.2, 0) is 0 Å². The summed E-state index contributed by atoms with van der Waals surface area (Å²) in [5.74, 6) is 0.786. The van der Waals surface area contributed by atoms with Crippen molar-refractivity contribution in [2.75, 3.05) is 12.4 Å². The molecule has 0 aliphatic rings. The molecule has 0 aliphatic heterocycles. The molecule has 0 bridgehead atoms. The van der Waals surface area contributed by atoms with E-state index >= 15 is 0 Å². The molecule has 0 saturated carbocycles. The Morgan fingerprint density at radius 2 is 1.15 bits per heavy atom. The Bertz CT molecular complexity index is 1990. The summed E-state index contributed by atoms with van der Waals surface area (Å²) in [6, 6.07) is 50.8. The Hall–Kier alpha value is -5.41. The molecule has 3 nitrogen and oxygen atoms in total. The highest BCUT2D eigenvalue weighted by Gasteiger charge is 2.10. The Balaban J connectivity index is 1.13. The quantitative estimate of drug-likeness (QED) is 0.233. The van der Waals surface area contributed by atoms with Crippen molar-refractivity contribution in [3.63, 3.8) is 0 Å². The zero-order chi connectivity index (χ0) is 27.6. The summed E-state index contributed by atoms with van der Waals surface area (Å²) in [7, 11) is 1.68. The molecule has 0 aliphatic carbocycles. The van der Waals surface area contributed by atoms with Gasteiger partial charge in [0.15, 0.2) is 0 Å². The van der Waals surface area contributed by atoms with Crippen LogP contribution in [0.1, 0.15) is 0 Å². The second kappa shape index (κ2) is 10.6. The average molecular weight is 529 g/mol. The minimum absolute atomic E-state index is 0.786. The van der Waals surface area contributed by atoms with E-state index in [0.29, 0.717) is 0 Å². The van der Waals surface area contributed by atoms with E-state index in [2.05, 4.69) is 139 Å². The number of aromatic nitrogens is 1. The zero-order valence-electron chi connectivity index (χ0n) is 22.7. The number of hydrogen-bond donors (Lipinski definition) is 1. The molecule has 7 rings (SSSR count). The maximum Gasteiger partial charge on any atom is 0.145 e. The van der Waals surface area contributed by atoms with E-state index in [-0.39, 0.29) is 0 Å². The number of hydrogen-bond acceptors (Lipinski definition) is 3. The largest absolute Gasteiger partial charge is 0.494 e. The second-order valence-corrected chi connectivity index (χ2v) is 10.1. The van der Waals surface area contributed by atoms with Crippen LogP contribution in [0.2, 0.25) is 0 Å². The summed E-state index contributed by atoms with van der Waals surface area (Å²) in [4.78, 5) is 4.88. The third kappa shape index (κ3) is 4.79. The summed E-state index contributed by atoms with van der Waals surface area (Å²) in [6.07, 6.45) is 0. The van der Waals surface area contributed by atoms with Gasteiger partial charge in [-0.1, -0.05) is 115 Å². The summed E-state index contributed by atoms with van der Waals surface area (Å²) in [5, 5.41) is 7.21. The fourth-order valence-electron chi connectivity index (χ4n) is 5.47. The predicted octanol–water partition coefficient (Wildman–Crippen LogP) is 10.1. The number of pyridine rings is 1. The molecule has 3 heteroatoms. The lowest BCUT2D eigenvalue weighted by atomic mass is 9.97. The van der Waals surface area contributed by atoms with Gasteiger partial charge in [-0.25, -0.2) is 4.98 Å². The first-order valence-electron chi connectivity index (χ1n) is 13.8. The van der Waals surface area contributed by atoms with Crippen LogP contribution < -0.4 is 10.1 Å². The van der Waals surface area contributed by atoms with Crippen molar-refractivity contribution in [3.05, 3.63) is 146 Å². The summed E-state index contributed by atoms with van der Waals surface area (Å²) in [6.45, 7) is 0. The van der Waals surface area contributed by atoms with Crippen LogP contribution in [-0.4, -0.2) is 12.1 Å². The SMILES string of the molecule is COc1cccc2ccc(-c3ccc(-c4ccc(Nc5ccccc5-c5cccc6ccccc56)cc4)cc3)nc12. The smallest absolute Gasteiger partial charge is 0.145 e. The molecular weight excluding hydrogens is 500 g/mol. The molecule has 196 valence electrons. The maximum atomic E-state index is 5.52. The van der Waals surface area contributed by atoms with Gasteiger partial charge >= 0.3 is 0 Å². The summed E-state index contributed by atoms with van der Waals surface area (Å²) >= 11 is 0. The summed E-state index contributed by atoms with van der Waals surface area (Å²) < 4.78 is 5.52. The van der Waals surface area contributed by atoms with E-state index in [9.17, 15) is 0 Å². The zero-order valence-corrected chi connectivity index (χ0v) is 22.7. The van der Waals surface area contributed by atoms with Crippen molar-refractivity contribution in [2.24, 2.45) is 0 Å². The van der Waals surface area contributed by atoms with Crippen LogP contribution in [0.25, 0.3) is 55.2 Å². The van der Waals surface area contributed by atoms with E-state index in [1.54, 1.807) is 7.11 Å². The first kappa shape index (κ1) is 24.6. The first-order chi connectivity index (χ1) is 20.3. The number of fused-ring (bicyclic) bond motifs is 2. The van der Waals surface area contributed by atoms with E-state index in [0.717, 1.165) is 50.4 Å². The number of methoxy groups -OCH3 is 1. The molecular formula is C38H28N2O. The maximum absolute atomic E-state index is 5.52. The molecule has 0 saturated heterocycles. The standard InChI is InChI=1S/C38H28N2O/c1-41-37-15-7-10-30-22-25-35(40-38(30)37)29-18-16-26(17-19-29)27-20-23-31(24-21-27)39-36-14-5-4-12-34(36)33-13-6-9-28-8-2-3-11-32(28)33/h2-25,39H,1H3. The molecule has 1 N–H and O–H groups in total. The van der Waals surface area contributed by atoms with Gasteiger partial charge in [0.2, 0.25) is 0 Å². The van der Waals surface area contributed by atoms with Crippen molar-refractivity contribution in [3.8, 4) is 39.3 Å². The van der Waals surface area contributed by atoms with E-state index in [1.165, 1.54) is 21.9 Å². The minimum Gasteiger partial charge on any atom is -0.494 e. The van der Waals surface area contributed by atoms with Crippen LogP contribution in [0.3, 0.4) is 0 Å². The number of rotatable bonds is 6. The van der Waals surface area contributed by atoms with Crippen LogP contribution in [0.15, 0.2) is 146 Å². The van der Waals surface area contributed by atoms with Crippen molar-refractivity contribution < 1.29 is 4.74 Å². The Kier molecular flexibility index (Phi) is 6.38. The highest BCUT2D eigenvalue weighted by molar-refractivity contribution is 6.00. The minimum atomic E-state index is 0.786. The van der Waals surface area contributed by atoms with E-state index < -0.39 is 0 Å². The molecule has 0 spiro atoms. The van der Waals surface area contributed by atoms with Gasteiger partial charge in [0, 0.05) is 27.9 Å². The lowest BCUT2D eigenvalue weighted by molar-refractivity contribution is 0.419. The normalized spacial score (nSPS) is 11.0. The first-order valence-corrected chi connectivity index (χ1v) is 13.8. The third-order valence-electron chi connectivity index (χ3n) is 7.59. The average Bonchev–Trinajstić information content (AvgIpc) is 3.05. The van der Waals surface area contributed by atoms with E-state index in [1.807, 2.05) is 12.1 Å². The van der Waals surface area contributed by atoms with Crippen LogP contribution in [0.5, 0.6) is 5.75 Å². The molecule has 1 heterocycles. The fraction of sp³-hybridized carbons (Fsp3) is 0.0263. The van der Waals surface area contributed by atoms with Crippen molar-refractivity contribution in [2.45, 2.75) is 0 Å². The number of ether oxygens (including phenoxy) is 1. The molecule has 0 amide bonds. The predicted molar refractivity (Wildman–Crippen MR) is 172 cm³/mol. The molecule has 41 heavy (non-hydrogen) atoms. The number of nitrogens with zero attached hydrogens (tertiary/aromatic N) is 1. The highest BCUT2D eigenvalue weighted by atomic mass is 16.5. The topological polar surface area (TPSA) is 34.1 Å². The van der Waals surface area contributed by atoms with Gasteiger partial charge in [0.1, 0.15) is 11.3 Å². The van der Waals surface area contributed by atoms with Crippen molar-refractivity contribution >= 4 is 33.1 Å². The lowest BCUT2D eigenvalue weighted by Crippen LogP contribution is -1.94. The molecule has 7 aromatic rings. The number of nitrogens with one attached hydrogen (secondary N) is 1. The Morgan fingerprint density at radius 3 is 1.98 bits per heavy atom. The fourth-order valence-corrected chi connectivity index (χ4v) is 5.47. The third-order valence-corrected chi connectivity index (χ3v) is 7.59. The number of anilines is 2.